The van der Waals surface area contributed by atoms with E-state index in [4.69, 9.17) is 11.6 Å². The molecular weight excluding hydrogens is 230 g/mol. The van der Waals surface area contributed by atoms with Crippen LogP contribution in [0.25, 0.3) is 10.8 Å². The van der Waals surface area contributed by atoms with Crippen molar-refractivity contribution in [3.63, 3.8) is 0 Å². The molecule has 0 N–H and O–H groups in total. The van der Waals surface area contributed by atoms with Crippen LogP contribution in [0.15, 0.2) is 42.5 Å². The first-order chi connectivity index (χ1) is 8.16. The zero-order valence-electron chi connectivity index (χ0n) is 10.4. The van der Waals surface area contributed by atoms with E-state index < -0.39 is 0 Å². The van der Waals surface area contributed by atoms with Crippen molar-refractivity contribution in [3.8, 4) is 0 Å². The van der Waals surface area contributed by atoms with Crippen LogP contribution >= 0.6 is 11.6 Å². The van der Waals surface area contributed by atoms with Gasteiger partial charge in [0.2, 0.25) is 0 Å². The third-order valence-corrected chi connectivity index (χ3v) is 3.44. The number of rotatable bonds is 4. The minimum absolute atomic E-state index is 0.0991. The Morgan fingerprint density at radius 3 is 2.47 bits per heavy atom. The summed E-state index contributed by atoms with van der Waals surface area (Å²) in [5.74, 6) is 0. The van der Waals surface area contributed by atoms with Crippen molar-refractivity contribution in [1.29, 1.82) is 0 Å². The molecule has 0 fully saturated rings. The Labute approximate surface area is 108 Å². The second-order valence-corrected chi connectivity index (χ2v) is 5.19. The van der Waals surface area contributed by atoms with Gasteiger partial charge in [-0.1, -0.05) is 36.4 Å². The number of nitrogens with zero attached hydrogens (tertiary/aromatic N) is 1. The van der Waals surface area contributed by atoms with Gasteiger partial charge in [0.1, 0.15) is 0 Å². The Balaban J connectivity index is 2.18. The van der Waals surface area contributed by atoms with Gasteiger partial charge in [0.05, 0.1) is 5.38 Å². The van der Waals surface area contributed by atoms with Crippen LogP contribution in [-0.4, -0.2) is 25.5 Å². The summed E-state index contributed by atoms with van der Waals surface area (Å²) in [6.07, 6.45) is 0.979. The molecule has 0 bridgehead atoms. The second-order valence-electron chi connectivity index (χ2n) is 4.67. The number of fused-ring (bicyclic) bond motifs is 1. The van der Waals surface area contributed by atoms with E-state index in [0.29, 0.717) is 0 Å². The van der Waals surface area contributed by atoms with Crippen LogP contribution in [0.2, 0.25) is 0 Å². The summed E-state index contributed by atoms with van der Waals surface area (Å²) in [7, 11) is 4.15. The lowest BCUT2D eigenvalue weighted by molar-refractivity contribution is 0.398. The van der Waals surface area contributed by atoms with Crippen molar-refractivity contribution >= 4 is 22.4 Å². The number of benzene rings is 2. The Kier molecular flexibility index (Phi) is 4.03. The molecule has 90 valence electrons. The van der Waals surface area contributed by atoms with Gasteiger partial charge in [0.25, 0.3) is 0 Å². The first-order valence-electron chi connectivity index (χ1n) is 5.94. The van der Waals surface area contributed by atoms with Gasteiger partial charge in [0.15, 0.2) is 0 Å². The first kappa shape index (κ1) is 12.4. The average molecular weight is 248 g/mol. The predicted octanol–water partition coefficient (Wildman–Crippen LogP) is 4.07. The monoisotopic (exact) mass is 247 g/mol. The molecule has 2 aromatic rings. The molecule has 0 aliphatic rings. The third-order valence-electron chi connectivity index (χ3n) is 2.96. The summed E-state index contributed by atoms with van der Waals surface area (Å²) in [4.78, 5) is 2.16. The van der Waals surface area contributed by atoms with Crippen molar-refractivity contribution in [1.82, 2.24) is 4.90 Å². The molecule has 2 heteroatoms. The number of hydrogen-bond acceptors (Lipinski definition) is 1. The molecule has 0 aliphatic heterocycles. The van der Waals surface area contributed by atoms with E-state index in [1.165, 1.54) is 16.3 Å². The summed E-state index contributed by atoms with van der Waals surface area (Å²) < 4.78 is 0. The Bertz CT molecular complexity index is 493. The van der Waals surface area contributed by atoms with Crippen LogP contribution in [0.5, 0.6) is 0 Å². The summed E-state index contributed by atoms with van der Waals surface area (Å²) in [5, 5.41) is 2.63. The van der Waals surface area contributed by atoms with Gasteiger partial charge in [-0.3, -0.25) is 0 Å². The van der Waals surface area contributed by atoms with Gasteiger partial charge in [-0.05, 0) is 49.5 Å². The predicted molar refractivity (Wildman–Crippen MR) is 75.7 cm³/mol. The molecular formula is C15H18ClN. The van der Waals surface area contributed by atoms with E-state index in [1.54, 1.807) is 0 Å². The van der Waals surface area contributed by atoms with Gasteiger partial charge in [-0.2, -0.15) is 0 Å². The highest BCUT2D eigenvalue weighted by molar-refractivity contribution is 6.20. The highest BCUT2D eigenvalue weighted by Gasteiger charge is 2.08. The van der Waals surface area contributed by atoms with E-state index in [-0.39, 0.29) is 5.38 Å². The maximum atomic E-state index is 6.42. The van der Waals surface area contributed by atoms with E-state index >= 15 is 0 Å². The molecule has 1 unspecified atom stereocenters. The van der Waals surface area contributed by atoms with Crippen molar-refractivity contribution in [2.45, 2.75) is 11.8 Å². The molecule has 0 heterocycles. The third kappa shape index (κ3) is 3.21. The number of alkyl halides is 1. The molecule has 0 aromatic heterocycles. The average Bonchev–Trinajstić information content (AvgIpc) is 2.35. The number of hydrogen-bond donors (Lipinski definition) is 0. The topological polar surface area (TPSA) is 3.24 Å². The largest absolute Gasteiger partial charge is 0.309 e. The molecule has 0 amide bonds. The lowest BCUT2D eigenvalue weighted by atomic mass is 10.0. The minimum Gasteiger partial charge on any atom is -0.309 e. The zero-order chi connectivity index (χ0) is 12.3. The number of halogens is 1. The SMILES string of the molecule is CN(C)CCC(Cl)c1ccc2ccccc2c1. The van der Waals surface area contributed by atoms with Crippen molar-refractivity contribution < 1.29 is 0 Å². The molecule has 0 spiro atoms. The van der Waals surface area contributed by atoms with Crippen LogP contribution in [-0.2, 0) is 0 Å². The highest BCUT2D eigenvalue weighted by atomic mass is 35.5. The molecule has 0 radical (unpaired) electrons. The van der Waals surface area contributed by atoms with E-state index in [1.807, 2.05) is 0 Å². The standard InChI is InChI=1S/C15H18ClN/c1-17(2)10-9-15(16)14-8-7-12-5-3-4-6-13(12)11-14/h3-8,11,15H,9-10H2,1-2H3. The van der Waals surface area contributed by atoms with Crippen LogP contribution < -0.4 is 0 Å². The van der Waals surface area contributed by atoms with Gasteiger partial charge in [-0.25, -0.2) is 0 Å². The zero-order valence-corrected chi connectivity index (χ0v) is 11.1. The normalized spacial score (nSPS) is 13.2. The Hall–Kier alpha value is -1.05. The summed E-state index contributed by atoms with van der Waals surface area (Å²) >= 11 is 6.42. The van der Waals surface area contributed by atoms with Gasteiger partial charge in [-0.15, -0.1) is 11.6 Å². The fourth-order valence-electron chi connectivity index (χ4n) is 1.94. The Morgan fingerprint density at radius 1 is 1.06 bits per heavy atom. The fraction of sp³-hybridized carbons (Fsp3) is 0.333. The van der Waals surface area contributed by atoms with E-state index in [9.17, 15) is 0 Å². The molecule has 0 saturated carbocycles. The first-order valence-corrected chi connectivity index (χ1v) is 6.38. The summed E-state index contributed by atoms with van der Waals surface area (Å²) in [6, 6.07) is 14.9. The van der Waals surface area contributed by atoms with E-state index in [0.717, 1.165) is 13.0 Å². The second kappa shape index (κ2) is 5.52. The smallest absolute Gasteiger partial charge is 0.0597 e. The fourth-order valence-corrected chi connectivity index (χ4v) is 2.17. The van der Waals surface area contributed by atoms with Crippen molar-refractivity contribution in [3.05, 3.63) is 48.0 Å². The summed E-state index contributed by atoms with van der Waals surface area (Å²) in [5.41, 5.74) is 1.22. The molecule has 0 saturated heterocycles. The molecule has 17 heavy (non-hydrogen) atoms. The maximum absolute atomic E-state index is 6.42. The lowest BCUT2D eigenvalue weighted by Gasteiger charge is -2.14. The van der Waals surface area contributed by atoms with Crippen molar-refractivity contribution in [2.24, 2.45) is 0 Å². The molecule has 2 rings (SSSR count). The molecule has 2 aromatic carbocycles. The van der Waals surface area contributed by atoms with Gasteiger partial charge < -0.3 is 4.90 Å². The van der Waals surface area contributed by atoms with Crippen LogP contribution in [0, 0.1) is 0 Å². The molecule has 1 atom stereocenters. The lowest BCUT2D eigenvalue weighted by Crippen LogP contribution is -2.14. The summed E-state index contributed by atoms with van der Waals surface area (Å²) in [6.45, 7) is 1.01. The van der Waals surface area contributed by atoms with Gasteiger partial charge in [0, 0.05) is 0 Å². The molecule has 0 aliphatic carbocycles. The maximum Gasteiger partial charge on any atom is 0.0597 e. The van der Waals surface area contributed by atoms with Gasteiger partial charge >= 0.3 is 0 Å². The van der Waals surface area contributed by atoms with Crippen LogP contribution in [0.3, 0.4) is 0 Å². The highest BCUT2D eigenvalue weighted by Crippen LogP contribution is 2.27. The van der Waals surface area contributed by atoms with Crippen molar-refractivity contribution in [2.75, 3.05) is 20.6 Å². The van der Waals surface area contributed by atoms with Crippen LogP contribution in [0.4, 0.5) is 0 Å². The Morgan fingerprint density at radius 2 is 1.76 bits per heavy atom. The quantitative estimate of drug-likeness (QED) is 0.737. The molecule has 1 nitrogen and oxygen atoms in total. The minimum atomic E-state index is 0.0991. The van der Waals surface area contributed by atoms with E-state index in [2.05, 4.69) is 61.5 Å². The van der Waals surface area contributed by atoms with Crippen LogP contribution in [0.1, 0.15) is 17.4 Å².